The molecule has 0 aliphatic carbocycles. The highest BCUT2D eigenvalue weighted by Gasteiger charge is 2.28. The molecule has 110 valence electrons. The van der Waals surface area contributed by atoms with Gasteiger partial charge in [0.1, 0.15) is 6.04 Å². The van der Waals surface area contributed by atoms with E-state index in [0.717, 1.165) is 0 Å². The number of halogens is 2. The topological polar surface area (TPSA) is 50.4 Å². The Balaban J connectivity index is 2.00. The number of thioether (sulfide) groups is 1. The molecular weight excluding hydrogens is 286 g/mol. The van der Waals surface area contributed by atoms with Crippen LogP contribution in [-0.4, -0.2) is 37.0 Å². The summed E-state index contributed by atoms with van der Waals surface area (Å²) in [6.45, 7) is 3.01. The molecule has 1 aromatic carbocycles. The summed E-state index contributed by atoms with van der Waals surface area (Å²) in [5.41, 5.74) is 0.500. The van der Waals surface area contributed by atoms with Gasteiger partial charge in [0.05, 0.1) is 12.7 Å². The average Bonchev–Trinajstić information content (AvgIpc) is 2.38. The lowest BCUT2D eigenvalue weighted by molar-refractivity contribution is -0.123. The Labute approximate surface area is 120 Å². The number of carbonyl (C=O) groups excluding carboxylic acids is 1. The van der Waals surface area contributed by atoms with Gasteiger partial charge in [-0.25, -0.2) is 0 Å². The summed E-state index contributed by atoms with van der Waals surface area (Å²) < 4.78 is 30.0. The van der Waals surface area contributed by atoms with E-state index in [4.69, 9.17) is 4.74 Å². The number of nitrogens with one attached hydrogen (secondary N) is 2. The molecule has 1 heterocycles. The van der Waals surface area contributed by atoms with Gasteiger partial charge in [0, 0.05) is 17.1 Å². The molecule has 4 nitrogen and oxygen atoms in total. The van der Waals surface area contributed by atoms with Gasteiger partial charge in [-0.3, -0.25) is 4.79 Å². The fourth-order valence-corrected chi connectivity index (χ4v) is 2.56. The van der Waals surface area contributed by atoms with Crippen LogP contribution in [0.2, 0.25) is 0 Å². The normalized spacial score (nSPS) is 22.8. The van der Waals surface area contributed by atoms with Gasteiger partial charge >= 0.3 is 0 Å². The van der Waals surface area contributed by atoms with E-state index in [-0.39, 0.29) is 12.0 Å². The number of ether oxygens (including phenoxy) is 1. The van der Waals surface area contributed by atoms with Gasteiger partial charge in [0.2, 0.25) is 5.91 Å². The maximum atomic E-state index is 12.3. The van der Waals surface area contributed by atoms with E-state index in [1.807, 2.05) is 6.92 Å². The fourth-order valence-electron chi connectivity index (χ4n) is 2.00. The molecule has 1 aliphatic rings. The summed E-state index contributed by atoms with van der Waals surface area (Å²) in [4.78, 5) is 12.5. The average molecular weight is 302 g/mol. The van der Waals surface area contributed by atoms with E-state index in [2.05, 4.69) is 10.6 Å². The van der Waals surface area contributed by atoms with Crippen LogP contribution < -0.4 is 10.6 Å². The maximum absolute atomic E-state index is 12.3. The molecule has 2 rings (SSSR count). The fraction of sp³-hybridized carbons (Fsp3) is 0.462. The lowest BCUT2D eigenvalue weighted by Gasteiger charge is -2.29. The third-order valence-corrected chi connectivity index (χ3v) is 3.63. The first kappa shape index (κ1) is 15.2. The van der Waals surface area contributed by atoms with Crippen molar-refractivity contribution >= 4 is 23.4 Å². The maximum Gasteiger partial charge on any atom is 0.288 e. The molecule has 0 radical (unpaired) electrons. The molecule has 1 aromatic rings. The molecule has 0 bridgehead atoms. The van der Waals surface area contributed by atoms with Gasteiger partial charge in [0.15, 0.2) is 0 Å². The standard InChI is InChI=1S/C13H16F2N2O2S/c1-8-11(16-5-6-19-8)12(18)17-9-3-2-4-10(7-9)20-13(14)15/h2-4,7-8,11,13,16H,5-6H2,1H3,(H,17,18)/t8-,11+/m1/s1. The molecule has 20 heavy (non-hydrogen) atoms. The molecule has 1 amide bonds. The zero-order valence-electron chi connectivity index (χ0n) is 10.9. The lowest BCUT2D eigenvalue weighted by Crippen LogP contribution is -2.53. The van der Waals surface area contributed by atoms with Gasteiger partial charge in [-0.05, 0) is 25.1 Å². The quantitative estimate of drug-likeness (QED) is 0.838. The van der Waals surface area contributed by atoms with Crippen molar-refractivity contribution < 1.29 is 18.3 Å². The predicted octanol–water partition coefficient (Wildman–Crippen LogP) is 2.32. The molecule has 0 unspecified atom stereocenters. The Morgan fingerprint density at radius 1 is 1.55 bits per heavy atom. The number of morpholine rings is 1. The van der Waals surface area contributed by atoms with E-state index in [9.17, 15) is 13.6 Å². The molecule has 1 saturated heterocycles. The van der Waals surface area contributed by atoms with E-state index >= 15 is 0 Å². The Bertz CT molecular complexity index is 473. The number of hydrogen-bond acceptors (Lipinski definition) is 4. The van der Waals surface area contributed by atoms with Crippen LogP contribution in [-0.2, 0) is 9.53 Å². The number of hydrogen-bond donors (Lipinski definition) is 2. The van der Waals surface area contributed by atoms with Crippen LogP contribution in [0.25, 0.3) is 0 Å². The molecule has 1 aliphatic heterocycles. The number of benzene rings is 1. The van der Waals surface area contributed by atoms with Crippen molar-refractivity contribution in [3.63, 3.8) is 0 Å². The minimum atomic E-state index is -2.48. The van der Waals surface area contributed by atoms with Crippen molar-refractivity contribution in [2.75, 3.05) is 18.5 Å². The molecule has 1 fully saturated rings. The molecule has 0 aromatic heterocycles. The van der Waals surface area contributed by atoms with Crippen molar-refractivity contribution in [1.29, 1.82) is 0 Å². The van der Waals surface area contributed by atoms with Crippen LogP contribution in [0.5, 0.6) is 0 Å². The van der Waals surface area contributed by atoms with Gasteiger partial charge in [0.25, 0.3) is 5.76 Å². The highest BCUT2D eigenvalue weighted by atomic mass is 32.2. The number of alkyl halides is 2. The third kappa shape index (κ3) is 4.16. The number of carbonyl (C=O) groups is 1. The van der Waals surface area contributed by atoms with Crippen molar-refractivity contribution in [1.82, 2.24) is 5.32 Å². The highest BCUT2D eigenvalue weighted by Crippen LogP contribution is 2.27. The van der Waals surface area contributed by atoms with Gasteiger partial charge in [-0.15, -0.1) is 0 Å². The molecule has 2 atom stereocenters. The van der Waals surface area contributed by atoms with Gasteiger partial charge < -0.3 is 15.4 Å². The van der Waals surface area contributed by atoms with E-state index in [1.54, 1.807) is 18.2 Å². The smallest absolute Gasteiger partial charge is 0.288 e. The molecule has 0 saturated carbocycles. The molecule has 2 N–H and O–H groups in total. The largest absolute Gasteiger partial charge is 0.375 e. The Kier molecular flexibility index (Phi) is 5.33. The van der Waals surface area contributed by atoms with E-state index in [1.165, 1.54) is 6.07 Å². The molecular formula is C13H16F2N2O2S. The minimum absolute atomic E-state index is 0.220. The van der Waals surface area contributed by atoms with Crippen molar-refractivity contribution in [2.45, 2.75) is 29.7 Å². The highest BCUT2D eigenvalue weighted by molar-refractivity contribution is 7.99. The summed E-state index contributed by atoms with van der Waals surface area (Å²) in [5.74, 6) is -2.70. The van der Waals surface area contributed by atoms with Gasteiger partial charge in [-0.2, -0.15) is 8.78 Å². The number of amides is 1. The van der Waals surface area contributed by atoms with E-state index in [0.29, 0.717) is 35.5 Å². The SMILES string of the molecule is C[C@H]1OCCN[C@@H]1C(=O)Nc1cccc(SC(F)F)c1. The Morgan fingerprint density at radius 2 is 2.35 bits per heavy atom. The second-order valence-electron chi connectivity index (χ2n) is 4.40. The summed E-state index contributed by atoms with van der Waals surface area (Å²) in [7, 11) is 0. The van der Waals surface area contributed by atoms with E-state index < -0.39 is 11.8 Å². The summed E-state index contributed by atoms with van der Waals surface area (Å²) in [6.07, 6.45) is -0.220. The van der Waals surface area contributed by atoms with Crippen LogP contribution in [0.4, 0.5) is 14.5 Å². The van der Waals surface area contributed by atoms with Crippen molar-refractivity contribution in [3.8, 4) is 0 Å². The third-order valence-electron chi connectivity index (χ3n) is 2.93. The number of anilines is 1. The minimum Gasteiger partial charge on any atom is -0.375 e. The van der Waals surface area contributed by atoms with Crippen LogP contribution in [0, 0.1) is 0 Å². The molecule has 0 spiro atoms. The molecule has 7 heteroatoms. The van der Waals surface area contributed by atoms with Gasteiger partial charge in [-0.1, -0.05) is 17.8 Å². The second kappa shape index (κ2) is 7.01. The summed E-state index contributed by atoms with van der Waals surface area (Å²) >= 11 is 0.451. The first-order chi connectivity index (χ1) is 9.56. The number of rotatable bonds is 4. The van der Waals surface area contributed by atoms with Crippen LogP contribution in [0.3, 0.4) is 0 Å². The lowest BCUT2D eigenvalue weighted by atomic mass is 10.1. The zero-order chi connectivity index (χ0) is 14.5. The first-order valence-electron chi connectivity index (χ1n) is 6.27. The summed E-state index contributed by atoms with van der Waals surface area (Å²) in [5, 5.41) is 5.79. The van der Waals surface area contributed by atoms with Crippen LogP contribution in [0.1, 0.15) is 6.92 Å². The predicted molar refractivity (Wildman–Crippen MR) is 74.1 cm³/mol. The monoisotopic (exact) mass is 302 g/mol. The Morgan fingerprint density at radius 3 is 3.05 bits per heavy atom. The zero-order valence-corrected chi connectivity index (χ0v) is 11.8. The first-order valence-corrected chi connectivity index (χ1v) is 7.15. The van der Waals surface area contributed by atoms with Crippen molar-refractivity contribution in [2.24, 2.45) is 0 Å². The summed E-state index contributed by atoms with van der Waals surface area (Å²) in [6, 6.07) is 5.98. The van der Waals surface area contributed by atoms with Crippen LogP contribution in [0.15, 0.2) is 29.2 Å². The van der Waals surface area contributed by atoms with Crippen LogP contribution >= 0.6 is 11.8 Å². The van der Waals surface area contributed by atoms with Crippen molar-refractivity contribution in [3.05, 3.63) is 24.3 Å². The second-order valence-corrected chi connectivity index (χ2v) is 5.47. The Hall–Kier alpha value is -1.18.